The molecule has 0 aliphatic heterocycles. The van der Waals surface area contributed by atoms with Crippen LogP contribution in [-0.2, 0) is 28.8 Å². The van der Waals surface area contributed by atoms with Crippen LogP contribution in [0.3, 0.4) is 0 Å². The van der Waals surface area contributed by atoms with Crippen LogP contribution >= 0.6 is 0 Å². The number of aliphatic hydroxyl groups excluding tert-OH is 15. The molecule has 0 heterocycles. The number of aliphatic hydroxyl groups is 15. The first-order valence-corrected chi connectivity index (χ1v) is 12.1. The molecular formula is C21H38O27. The summed E-state index contributed by atoms with van der Waals surface area (Å²) in [5, 5.41) is 178. The summed E-state index contributed by atoms with van der Waals surface area (Å²) in [6.45, 7) is -0.729. The molecule has 0 saturated carbocycles. The number of hydrogen-bond donors (Lipinski definition) is 21. The number of carbonyl (C=O) groups is 6. The van der Waals surface area contributed by atoms with Crippen LogP contribution in [0, 0.1) is 0 Å². The average molecular weight is 723 g/mol. The molecule has 0 amide bonds. The SMILES string of the molecule is O=C(O)[C@@H](O)[C@@H](O)[C@H](O)[C@@H](O)C(=O)O.O=C(O)[C@@H](O)[C@@H](O)[C@H](O)[C@@H](O)C(=O)O.O=C(O)[C@@H](O)[C@@H](O)[C@H](O)[C@@H](O)C(=O)O.OCC(O)CO. The minimum Gasteiger partial charge on any atom is -0.479 e. The first-order valence-electron chi connectivity index (χ1n) is 12.1. The molecule has 0 saturated heterocycles. The van der Waals surface area contributed by atoms with Crippen LogP contribution in [0.25, 0.3) is 0 Å². The Balaban J connectivity index is -0.000000279. The van der Waals surface area contributed by atoms with Crippen molar-refractivity contribution in [2.75, 3.05) is 13.2 Å². The first kappa shape index (κ1) is 51.1. The van der Waals surface area contributed by atoms with Crippen LogP contribution in [-0.4, -0.2) is 236 Å². The van der Waals surface area contributed by atoms with E-state index in [0.717, 1.165) is 0 Å². The van der Waals surface area contributed by atoms with E-state index in [9.17, 15) is 28.8 Å². The van der Waals surface area contributed by atoms with Crippen molar-refractivity contribution in [2.45, 2.75) is 79.4 Å². The second kappa shape index (κ2) is 25.3. The number of carboxylic acid groups (broad SMARTS) is 6. The second-order valence-corrected chi connectivity index (χ2v) is 8.66. The molecule has 27 nitrogen and oxygen atoms in total. The molecule has 0 aromatic heterocycles. The summed E-state index contributed by atoms with van der Waals surface area (Å²) >= 11 is 0. The molecule has 48 heavy (non-hydrogen) atoms. The lowest BCUT2D eigenvalue weighted by atomic mass is 10.0. The van der Waals surface area contributed by atoms with E-state index in [0.29, 0.717) is 0 Å². The molecule has 0 spiro atoms. The van der Waals surface area contributed by atoms with E-state index in [1.165, 1.54) is 0 Å². The van der Waals surface area contributed by atoms with Gasteiger partial charge in [-0.3, -0.25) is 0 Å². The van der Waals surface area contributed by atoms with Crippen LogP contribution in [0.15, 0.2) is 0 Å². The molecule has 12 atom stereocenters. The Hall–Kier alpha value is -3.78. The topological polar surface area (TPSA) is 527 Å². The Kier molecular flexibility index (Phi) is 26.9. The number of rotatable bonds is 17. The summed E-state index contributed by atoms with van der Waals surface area (Å²) in [7, 11) is 0. The minimum absolute atomic E-state index is 0.365. The molecule has 0 aromatic carbocycles. The highest BCUT2D eigenvalue weighted by molar-refractivity contribution is 5.76. The molecule has 21 N–H and O–H groups in total. The monoisotopic (exact) mass is 722 g/mol. The zero-order valence-corrected chi connectivity index (χ0v) is 23.8. The maximum atomic E-state index is 10.1. The molecule has 0 unspecified atom stereocenters. The maximum Gasteiger partial charge on any atom is 0.335 e. The van der Waals surface area contributed by atoms with Crippen LogP contribution in [0.4, 0.5) is 0 Å². The second-order valence-electron chi connectivity index (χ2n) is 8.66. The smallest absolute Gasteiger partial charge is 0.335 e. The van der Waals surface area contributed by atoms with Gasteiger partial charge in [0.2, 0.25) is 0 Å². The van der Waals surface area contributed by atoms with Gasteiger partial charge in [-0.15, -0.1) is 0 Å². The van der Waals surface area contributed by atoms with Crippen LogP contribution in [0.1, 0.15) is 0 Å². The molecular weight excluding hydrogens is 684 g/mol. The Morgan fingerprint density at radius 1 is 0.292 bits per heavy atom. The number of aliphatic carboxylic acids is 6. The molecule has 0 bridgehead atoms. The first-order chi connectivity index (χ1) is 21.7. The van der Waals surface area contributed by atoms with Gasteiger partial charge in [-0.1, -0.05) is 0 Å². The van der Waals surface area contributed by atoms with E-state index in [1.807, 2.05) is 0 Å². The maximum absolute atomic E-state index is 10.1. The molecule has 0 aliphatic carbocycles. The minimum atomic E-state index is -2.36. The summed E-state index contributed by atoms with van der Waals surface area (Å²) < 4.78 is 0. The zero-order valence-electron chi connectivity index (χ0n) is 23.8. The third-order valence-corrected chi connectivity index (χ3v) is 4.93. The molecule has 0 aromatic rings. The van der Waals surface area contributed by atoms with Crippen LogP contribution < -0.4 is 0 Å². The fourth-order valence-electron chi connectivity index (χ4n) is 2.05. The van der Waals surface area contributed by atoms with Crippen molar-refractivity contribution in [1.29, 1.82) is 0 Å². The predicted molar refractivity (Wildman–Crippen MR) is 138 cm³/mol. The van der Waals surface area contributed by atoms with Gasteiger partial charge in [0.05, 0.1) is 13.2 Å². The third kappa shape index (κ3) is 19.8. The molecule has 284 valence electrons. The van der Waals surface area contributed by atoms with Gasteiger partial charge >= 0.3 is 35.8 Å². The quantitative estimate of drug-likeness (QED) is 0.0662. The van der Waals surface area contributed by atoms with Crippen molar-refractivity contribution in [1.82, 2.24) is 0 Å². The van der Waals surface area contributed by atoms with Crippen molar-refractivity contribution in [3.63, 3.8) is 0 Å². The molecule has 0 aliphatic rings. The van der Waals surface area contributed by atoms with Crippen molar-refractivity contribution in [2.24, 2.45) is 0 Å². The molecule has 0 radical (unpaired) electrons. The zero-order chi connectivity index (χ0) is 39.4. The van der Waals surface area contributed by atoms with E-state index in [2.05, 4.69) is 0 Å². The van der Waals surface area contributed by atoms with Crippen LogP contribution in [0.2, 0.25) is 0 Å². The lowest BCUT2D eigenvalue weighted by Crippen LogP contribution is -2.49. The van der Waals surface area contributed by atoms with Gasteiger partial charge in [0.15, 0.2) is 36.6 Å². The van der Waals surface area contributed by atoms with Gasteiger partial charge in [-0.25, -0.2) is 28.8 Å². The fourth-order valence-corrected chi connectivity index (χ4v) is 2.05. The molecule has 0 fully saturated rings. The number of hydrogen-bond acceptors (Lipinski definition) is 21. The standard InChI is InChI=1S/3C6H10O8.C3H8O3/c3*7-1(3(9)5(11)12)2(8)4(10)6(13)14;4-1-3(6)2-5/h3*1-4,7-10H,(H,11,12)(H,13,14);3-6H,1-2H2/t3*1-,2-,3-,4+;/m000./s1. The predicted octanol–water partition coefficient (Wildman–Crippen LogP) is -11.9. The van der Waals surface area contributed by atoms with Gasteiger partial charge in [-0.2, -0.15) is 0 Å². The van der Waals surface area contributed by atoms with Gasteiger partial charge in [0, 0.05) is 0 Å². The lowest BCUT2D eigenvalue weighted by Gasteiger charge is -2.21. The van der Waals surface area contributed by atoms with Gasteiger partial charge < -0.3 is 107 Å². The van der Waals surface area contributed by atoms with Crippen molar-refractivity contribution < 1.29 is 136 Å². The Morgan fingerprint density at radius 2 is 0.396 bits per heavy atom. The third-order valence-electron chi connectivity index (χ3n) is 4.93. The van der Waals surface area contributed by atoms with Crippen molar-refractivity contribution in [3.05, 3.63) is 0 Å². The largest absolute Gasteiger partial charge is 0.479 e. The summed E-state index contributed by atoms with van der Waals surface area (Å²) in [5.41, 5.74) is 0. The van der Waals surface area contributed by atoms with E-state index in [-0.39, 0.29) is 13.2 Å². The van der Waals surface area contributed by atoms with Gasteiger partial charge in [-0.05, 0) is 0 Å². The number of carboxylic acids is 6. The summed E-state index contributed by atoms with van der Waals surface area (Å²) in [6.07, 6.45) is -28.8. The Bertz CT molecular complexity index is 798. The van der Waals surface area contributed by atoms with E-state index < -0.39 is 115 Å². The van der Waals surface area contributed by atoms with E-state index in [1.54, 1.807) is 0 Å². The Labute approximate surface area is 265 Å². The van der Waals surface area contributed by atoms with Gasteiger partial charge in [0.25, 0.3) is 0 Å². The lowest BCUT2D eigenvalue weighted by molar-refractivity contribution is -0.172. The highest BCUT2D eigenvalue weighted by atomic mass is 16.5. The fraction of sp³-hybridized carbons (Fsp3) is 0.714. The normalized spacial score (nSPS) is 18.2. The summed E-state index contributed by atoms with van der Waals surface area (Å²) in [5.74, 6) is -11.0. The summed E-state index contributed by atoms with van der Waals surface area (Å²) in [4.78, 5) is 60.5. The van der Waals surface area contributed by atoms with Crippen LogP contribution in [0.5, 0.6) is 0 Å². The highest BCUT2D eigenvalue weighted by Crippen LogP contribution is 2.07. The average Bonchev–Trinajstić information content (AvgIpc) is 3.03. The van der Waals surface area contributed by atoms with Gasteiger partial charge in [0.1, 0.15) is 42.7 Å². The van der Waals surface area contributed by atoms with Crippen molar-refractivity contribution >= 4 is 35.8 Å². The Morgan fingerprint density at radius 3 is 0.438 bits per heavy atom. The van der Waals surface area contributed by atoms with Crippen molar-refractivity contribution in [3.8, 4) is 0 Å². The molecule has 0 rings (SSSR count). The summed E-state index contributed by atoms with van der Waals surface area (Å²) in [6, 6.07) is 0. The molecule has 27 heteroatoms. The van der Waals surface area contributed by atoms with E-state index in [4.69, 9.17) is 107 Å². The highest BCUT2D eigenvalue weighted by Gasteiger charge is 2.39. The van der Waals surface area contributed by atoms with E-state index >= 15 is 0 Å².